The lowest BCUT2D eigenvalue weighted by Crippen LogP contribution is -2.62. The zero-order chi connectivity index (χ0) is 65.2. The molecule has 31 nitrogen and oxygen atoms in total. The Balaban J connectivity index is 1.50. The first-order valence-corrected chi connectivity index (χ1v) is 27.9. The van der Waals surface area contributed by atoms with Crippen LogP contribution in [0.25, 0.3) is 10.9 Å². The van der Waals surface area contributed by atoms with Crippen molar-refractivity contribution in [3.05, 3.63) is 102 Å². The maximum Gasteiger partial charge on any atom is 0.334 e. The summed E-state index contributed by atoms with van der Waals surface area (Å²) in [5.74, 6) is -12.1. The van der Waals surface area contributed by atoms with Crippen molar-refractivity contribution in [2.45, 2.75) is 134 Å². The molecule has 4 aromatic rings. The van der Waals surface area contributed by atoms with Crippen LogP contribution in [0.15, 0.2) is 90.1 Å². The number of aliphatic hydroxyl groups is 1. The molecular formula is C57H78N16O15. The second kappa shape index (κ2) is 34.6. The fourth-order valence-corrected chi connectivity index (χ4v) is 8.90. The number of hydrogen-bond acceptors (Lipinski definition) is 15. The number of aromatic amines is 1. The Morgan fingerprint density at radius 2 is 1.10 bits per heavy atom. The van der Waals surface area contributed by atoms with Gasteiger partial charge in [-0.1, -0.05) is 74.5 Å². The molecule has 9 atom stereocenters. The summed E-state index contributed by atoms with van der Waals surface area (Å²) in [5.41, 5.74) is 23.7. The molecule has 0 saturated carbocycles. The Morgan fingerprint density at radius 3 is 1.69 bits per heavy atom. The summed E-state index contributed by atoms with van der Waals surface area (Å²) in [6, 6.07) is 7.09. The van der Waals surface area contributed by atoms with Crippen LogP contribution >= 0.6 is 0 Å². The van der Waals surface area contributed by atoms with Crippen LogP contribution in [0.2, 0.25) is 0 Å². The summed E-state index contributed by atoms with van der Waals surface area (Å²) in [4.78, 5) is 167. The van der Waals surface area contributed by atoms with E-state index in [1.807, 2.05) is 24.3 Å². The lowest BCUT2D eigenvalue weighted by molar-refractivity contribution is -0.142. The first kappa shape index (κ1) is 70.2. The number of H-pyrrole nitrogens is 1. The number of nitrogens with one attached hydrogen (secondary N) is 12. The third kappa shape index (κ3) is 23.6. The number of guanidine groups is 1. The number of carboxylic acid groups (broad SMARTS) is 1. The molecule has 21 N–H and O–H groups in total. The van der Waals surface area contributed by atoms with Crippen LogP contribution in [-0.2, 0) is 72.0 Å². The fourth-order valence-electron chi connectivity index (χ4n) is 8.90. The lowest BCUT2D eigenvalue weighted by atomic mass is 10.0. The number of carbonyl (C=O) groups excluding carboxylic acids is 11. The number of fused-ring (bicyclic) bond motifs is 1. The Hall–Kier alpha value is -10.3. The first-order valence-electron chi connectivity index (χ1n) is 27.9. The van der Waals surface area contributed by atoms with Crippen LogP contribution in [0, 0.1) is 5.92 Å². The Labute approximate surface area is 505 Å². The molecule has 0 saturated heterocycles. The molecule has 476 valence electrons. The number of hydrazine groups is 1. The highest BCUT2D eigenvalue weighted by Crippen LogP contribution is 2.20. The highest BCUT2D eigenvalue weighted by molar-refractivity contribution is 6.00. The number of nitrogens with two attached hydrogens (primary N) is 3. The van der Waals surface area contributed by atoms with E-state index in [4.69, 9.17) is 17.2 Å². The number of urea groups is 1. The number of primary amides is 2. The quantitative estimate of drug-likeness (QED) is 0.00956. The number of aromatic hydroxyl groups is 1. The summed E-state index contributed by atoms with van der Waals surface area (Å²) >= 11 is 0. The molecule has 0 unspecified atom stereocenters. The van der Waals surface area contributed by atoms with Gasteiger partial charge in [0.15, 0.2) is 5.96 Å². The first-order chi connectivity index (χ1) is 41.6. The molecule has 1 aromatic heterocycles. The van der Waals surface area contributed by atoms with Gasteiger partial charge in [0.2, 0.25) is 53.2 Å². The van der Waals surface area contributed by atoms with Crippen molar-refractivity contribution in [1.82, 2.24) is 63.7 Å². The minimum atomic E-state index is -1.98. The number of aliphatic imine (C=N–C) groups is 1. The third-order valence-corrected chi connectivity index (χ3v) is 13.3. The van der Waals surface area contributed by atoms with E-state index < -0.39 is 138 Å². The molecule has 0 spiro atoms. The van der Waals surface area contributed by atoms with Crippen molar-refractivity contribution >= 4 is 87.9 Å². The topological polar surface area (TPSA) is 504 Å². The molecule has 12 amide bonds. The predicted molar refractivity (Wildman–Crippen MR) is 318 cm³/mol. The Morgan fingerprint density at radius 1 is 0.568 bits per heavy atom. The third-order valence-electron chi connectivity index (χ3n) is 13.3. The molecule has 31 heteroatoms. The summed E-state index contributed by atoms with van der Waals surface area (Å²) < 4.78 is 0. The van der Waals surface area contributed by atoms with Crippen molar-refractivity contribution in [3.8, 4) is 5.75 Å². The van der Waals surface area contributed by atoms with E-state index in [2.05, 4.69) is 68.7 Å². The normalized spacial score (nSPS) is 14.3. The van der Waals surface area contributed by atoms with Gasteiger partial charge in [0.25, 0.3) is 5.91 Å². The number of phenolic OH excluding ortho intramolecular Hbond substituents is 1. The zero-order valence-electron chi connectivity index (χ0n) is 49.1. The minimum absolute atomic E-state index is 0.0000665. The van der Waals surface area contributed by atoms with Crippen LogP contribution in [-0.4, -0.2) is 165 Å². The number of aliphatic hydroxyl groups excluding tert-OH is 1. The predicted octanol–water partition coefficient (Wildman–Crippen LogP) is -3.41. The maximum atomic E-state index is 14.1. The monoisotopic (exact) mass is 1230 g/mol. The summed E-state index contributed by atoms with van der Waals surface area (Å²) in [6.45, 7) is 5.91. The fraction of sp³-hybridized carbons (Fsp3) is 0.421. The molecule has 0 aliphatic heterocycles. The SMILES string of the molecule is CN=C(N)NCCC[C@H](NC(=O)[C@H](CC(C)C)NC(=O)NNC(=O)[C@H](Cc1ccccc1)NC(=O)[C@@H](NC(=O)[C@H](CC(N)=O)NC(=O)[C@@H](CC(=O)O)NC(=O)[C@@H](Cc1ccc(O)cc1)NC(C)=O)[C@@H](C)O)C(=O)N[C@@H](Cc1c[nH]c2ccccc12)C(N)=O. The molecule has 0 aliphatic carbocycles. The number of phenols is 1. The van der Waals surface area contributed by atoms with Crippen molar-refractivity contribution < 1.29 is 72.9 Å². The van der Waals surface area contributed by atoms with Gasteiger partial charge in [-0.15, -0.1) is 0 Å². The van der Waals surface area contributed by atoms with E-state index in [0.29, 0.717) is 16.7 Å². The van der Waals surface area contributed by atoms with E-state index in [9.17, 15) is 72.9 Å². The van der Waals surface area contributed by atoms with Gasteiger partial charge in [0.05, 0.1) is 18.9 Å². The number of benzene rings is 3. The number of aliphatic carboxylic acids is 1. The molecule has 4 rings (SSSR count). The smallest absolute Gasteiger partial charge is 0.334 e. The average molecular weight is 1230 g/mol. The molecule has 0 fully saturated rings. The second-order valence-corrected chi connectivity index (χ2v) is 21.0. The van der Waals surface area contributed by atoms with E-state index in [0.717, 1.165) is 24.8 Å². The number of amides is 12. The van der Waals surface area contributed by atoms with Crippen LogP contribution in [0.5, 0.6) is 5.75 Å². The highest BCUT2D eigenvalue weighted by atomic mass is 16.4. The molecular weight excluding hydrogens is 1150 g/mol. The number of carboxylic acids is 1. The van der Waals surface area contributed by atoms with Gasteiger partial charge in [-0.2, -0.15) is 0 Å². The molecule has 3 aromatic carbocycles. The summed E-state index contributed by atoms with van der Waals surface area (Å²) in [6.07, 6.45) is -2.32. The van der Waals surface area contributed by atoms with Crippen LogP contribution in [0.3, 0.4) is 0 Å². The molecule has 1 heterocycles. The molecule has 0 aliphatic rings. The standard InChI is InChI=1S/C57H78N16O15/c1-29(2)22-40(50(82)65-38(16-11-21-62-56(60)61-5)49(81)66-39(48(59)80)25-34-28-63-37-15-10-9-14-36(34)37)70-57(88)73-72-54(86)42(23-32-12-7-6-8-13-32)69-55(87)47(30(3)74)71-53(85)43(26-45(58)77)67-52(84)44(27-46(78)79)68-51(83)41(64-31(4)75)24-33-17-19-35(76)20-18-33/h6-10,12-15,17-20,28-30,38-44,47,63,74,76H,11,16,21-27H2,1-5H3,(H2,58,77)(H2,59,80)(H,64,75)(H,65,82)(H,66,81)(H,67,84)(H,68,83)(H,69,87)(H,71,85)(H,72,86)(H,78,79)(H3,60,61,62)(H2,70,73,88)/t30-,38+,39+,40+,41-,42+,43+,44-,47+/m1/s1. The zero-order valence-corrected chi connectivity index (χ0v) is 49.1. The molecule has 88 heavy (non-hydrogen) atoms. The van der Waals surface area contributed by atoms with Crippen molar-refractivity contribution in [1.29, 1.82) is 0 Å². The average Bonchev–Trinajstić information content (AvgIpc) is 4.14. The number of aromatic nitrogens is 1. The summed E-state index contributed by atoms with van der Waals surface area (Å²) in [5, 5.41) is 53.0. The molecule has 0 bridgehead atoms. The largest absolute Gasteiger partial charge is 0.508 e. The lowest BCUT2D eigenvalue weighted by Gasteiger charge is -2.28. The van der Waals surface area contributed by atoms with Gasteiger partial charge in [-0.3, -0.25) is 63.2 Å². The van der Waals surface area contributed by atoms with Crippen molar-refractivity contribution in [3.63, 3.8) is 0 Å². The van der Waals surface area contributed by atoms with Gasteiger partial charge in [-0.05, 0) is 67.0 Å². The van der Waals surface area contributed by atoms with Crippen LogP contribution < -0.4 is 75.9 Å². The number of carbonyl (C=O) groups is 12. The van der Waals surface area contributed by atoms with Crippen molar-refractivity contribution in [2.75, 3.05) is 13.6 Å². The van der Waals surface area contributed by atoms with E-state index in [-0.39, 0.29) is 62.7 Å². The Kier molecular flexibility index (Phi) is 27.6. The number of rotatable bonds is 33. The minimum Gasteiger partial charge on any atom is -0.508 e. The van der Waals surface area contributed by atoms with Gasteiger partial charge >= 0.3 is 12.0 Å². The van der Waals surface area contributed by atoms with Gasteiger partial charge in [0.1, 0.15) is 54.1 Å². The van der Waals surface area contributed by atoms with E-state index >= 15 is 0 Å². The maximum absolute atomic E-state index is 14.1. The van der Waals surface area contributed by atoms with E-state index in [1.54, 1.807) is 50.4 Å². The Bertz CT molecular complexity index is 3140. The number of nitrogens with zero attached hydrogens (tertiary/aromatic N) is 1. The van der Waals surface area contributed by atoms with Crippen LogP contribution in [0.4, 0.5) is 4.79 Å². The summed E-state index contributed by atoms with van der Waals surface area (Å²) in [7, 11) is 1.47. The number of hydrogen-bond donors (Lipinski definition) is 18. The van der Waals surface area contributed by atoms with Gasteiger partial charge in [-0.25, -0.2) is 10.2 Å². The van der Waals surface area contributed by atoms with Gasteiger partial charge in [0, 0.05) is 56.9 Å². The second-order valence-electron chi connectivity index (χ2n) is 21.0. The highest BCUT2D eigenvalue weighted by Gasteiger charge is 2.36. The van der Waals surface area contributed by atoms with Gasteiger partial charge < -0.3 is 85.4 Å². The number of para-hydroxylation sites is 1. The van der Waals surface area contributed by atoms with Crippen molar-refractivity contribution in [2.24, 2.45) is 28.1 Å². The van der Waals surface area contributed by atoms with E-state index in [1.165, 1.54) is 31.3 Å². The molecule has 0 radical (unpaired) electrons. The van der Waals surface area contributed by atoms with Crippen LogP contribution in [0.1, 0.15) is 76.5 Å².